The van der Waals surface area contributed by atoms with Crippen LogP contribution in [0.4, 0.5) is 4.39 Å². The molecular weight excluding hydrogens is 603 g/mol. The molecule has 250 valence electrons. The van der Waals surface area contributed by atoms with E-state index in [1.54, 1.807) is 12.1 Å². The van der Waals surface area contributed by atoms with Crippen LogP contribution in [-0.2, 0) is 45.4 Å². The zero-order valence-corrected chi connectivity index (χ0v) is 28.0. The van der Waals surface area contributed by atoms with Crippen molar-refractivity contribution in [2.75, 3.05) is 40.1 Å². The van der Waals surface area contributed by atoms with Gasteiger partial charge in [-0.1, -0.05) is 63.8 Å². The molecule has 0 saturated carbocycles. The van der Waals surface area contributed by atoms with Crippen LogP contribution in [0.2, 0.25) is 5.02 Å². The summed E-state index contributed by atoms with van der Waals surface area (Å²) in [5.74, 6) is -2.36. The van der Waals surface area contributed by atoms with Crippen LogP contribution in [0, 0.1) is 5.82 Å². The molecular formula is C35H48ClFO8. The van der Waals surface area contributed by atoms with E-state index in [1.165, 1.54) is 13.2 Å². The highest BCUT2D eigenvalue weighted by atomic mass is 35.5. The number of rotatable bonds is 18. The van der Waals surface area contributed by atoms with Gasteiger partial charge in [0.05, 0.1) is 20.3 Å². The second kappa shape index (κ2) is 16.5. The summed E-state index contributed by atoms with van der Waals surface area (Å²) in [6, 6.07) is 10.3. The number of benzene rings is 2. The molecule has 2 saturated heterocycles. The fourth-order valence-corrected chi connectivity index (χ4v) is 6.10. The molecule has 2 aromatic carbocycles. The molecule has 8 nitrogen and oxygen atoms in total. The molecule has 2 aromatic rings. The predicted octanol–water partition coefficient (Wildman–Crippen LogP) is 7.15. The first-order chi connectivity index (χ1) is 21.8. The van der Waals surface area contributed by atoms with Crippen molar-refractivity contribution in [3.8, 4) is 5.75 Å². The molecule has 0 aliphatic carbocycles. The predicted molar refractivity (Wildman–Crippen MR) is 169 cm³/mol. The number of fused-ring (bicyclic) bond motifs is 2. The van der Waals surface area contributed by atoms with Crippen LogP contribution in [0.3, 0.4) is 0 Å². The Bertz CT molecular complexity index is 1260. The van der Waals surface area contributed by atoms with Gasteiger partial charge in [0.15, 0.2) is 11.6 Å². The number of unbranched alkanes of at least 4 members (excludes halogenated alkanes) is 3. The lowest BCUT2D eigenvalue weighted by Gasteiger charge is -2.49. The Hall–Kier alpha value is -2.27. The third-order valence-electron chi connectivity index (χ3n) is 8.33. The van der Waals surface area contributed by atoms with Crippen LogP contribution >= 0.6 is 11.6 Å². The average Bonchev–Trinajstić information content (AvgIpc) is 3.40. The average molecular weight is 651 g/mol. The second-order valence-corrected chi connectivity index (χ2v) is 12.0. The number of ether oxygens (including phenoxy) is 7. The Morgan fingerprint density at radius 1 is 0.933 bits per heavy atom. The second-order valence-electron chi connectivity index (χ2n) is 11.6. The maximum atomic E-state index is 14.7. The topological polar surface area (TPSA) is 81.7 Å². The van der Waals surface area contributed by atoms with Crippen molar-refractivity contribution in [3.05, 3.63) is 63.9 Å². The van der Waals surface area contributed by atoms with Gasteiger partial charge in [-0.05, 0) is 68.0 Å². The van der Waals surface area contributed by atoms with E-state index >= 15 is 0 Å². The molecule has 2 aliphatic heterocycles. The molecule has 2 heterocycles. The van der Waals surface area contributed by atoms with Crippen molar-refractivity contribution in [3.63, 3.8) is 0 Å². The van der Waals surface area contributed by atoms with E-state index in [1.807, 2.05) is 25.1 Å². The van der Waals surface area contributed by atoms with Crippen LogP contribution in [0.15, 0.2) is 36.4 Å². The number of methoxy groups -OCH3 is 1. The standard InChI is InChI=1S/C35H48ClFO8/c1-6-10-17-41-30-31(42-18-11-7-2)34(33(38)39-5)23-44-35(45-34,32(30)43-19-12-8-3)26-14-15-27(36)25(22-26)20-24-13-16-29(40-9-4)28(37)21-24/h13-16,21-22,30-32H,6-12,17-20,23H2,1-5H3/t30-,31-,32+,34-,35-/m0/s1. The molecule has 0 amide bonds. The molecule has 4 rings (SSSR count). The van der Waals surface area contributed by atoms with Gasteiger partial charge in [-0.25, -0.2) is 9.18 Å². The van der Waals surface area contributed by atoms with Gasteiger partial charge in [-0.3, -0.25) is 0 Å². The molecule has 0 radical (unpaired) electrons. The van der Waals surface area contributed by atoms with E-state index in [2.05, 4.69) is 20.8 Å². The molecule has 5 atom stereocenters. The summed E-state index contributed by atoms with van der Waals surface area (Å²) >= 11 is 6.70. The Labute approximate surface area is 271 Å². The van der Waals surface area contributed by atoms with Crippen molar-refractivity contribution in [2.45, 2.75) is 102 Å². The maximum Gasteiger partial charge on any atom is 0.343 e. The quantitative estimate of drug-likeness (QED) is 0.124. The minimum atomic E-state index is -1.58. The summed E-state index contributed by atoms with van der Waals surface area (Å²) in [4.78, 5) is 13.6. The van der Waals surface area contributed by atoms with E-state index in [4.69, 9.17) is 44.8 Å². The monoisotopic (exact) mass is 650 g/mol. The first kappa shape index (κ1) is 35.6. The zero-order valence-electron chi connectivity index (χ0n) is 27.2. The molecule has 45 heavy (non-hydrogen) atoms. The highest BCUT2D eigenvalue weighted by Gasteiger charge is 2.72. The first-order valence-corrected chi connectivity index (χ1v) is 16.6. The van der Waals surface area contributed by atoms with Gasteiger partial charge in [0.1, 0.15) is 18.3 Å². The minimum absolute atomic E-state index is 0.111. The number of carbonyl (C=O) groups is 1. The smallest absolute Gasteiger partial charge is 0.343 e. The van der Waals surface area contributed by atoms with E-state index in [9.17, 15) is 9.18 Å². The summed E-state index contributed by atoms with van der Waals surface area (Å²) in [5.41, 5.74) is 0.472. The zero-order chi connectivity index (χ0) is 32.5. The SMILES string of the molecule is CCCCO[C@@H]1[C@@H](OCCCC)[C@@]2(c3ccc(Cl)c(Cc4ccc(OCC)c(F)c4)c3)OC[C@](C(=O)OC)(O2)[C@H]1OCCCC. The van der Waals surface area contributed by atoms with E-state index in [0.717, 1.165) is 44.1 Å². The highest BCUT2D eigenvalue weighted by Crippen LogP contribution is 2.53. The van der Waals surface area contributed by atoms with E-state index < -0.39 is 41.5 Å². The lowest BCUT2D eigenvalue weighted by molar-refractivity contribution is -0.341. The molecule has 0 N–H and O–H groups in total. The van der Waals surface area contributed by atoms with Crippen molar-refractivity contribution >= 4 is 17.6 Å². The normalized spacial score (nSPS) is 25.8. The Morgan fingerprint density at radius 3 is 2.22 bits per heavy atom. The number of hydrogen-bond donors (Lipinski definition) is 0. The molecule has 2 fully saturated rings. The third-order valence-corrected chi connectivity index (χ3v) is 8.70. The van der Waals surface area contributed by atoms with Gasteiger partial charge in [-0.2, -0.15) is 0 Å². The molecule has 0 spiro atoms. The summed E-state index contributed by atoms with van der Waals surface area (Å²) < 4.78 is 58.3. The van der Waals surface area contributed by atoms with Crippen molar-refractivity contribution in [1.82, 2.24) is 0 Å². The number of halogens is 2. The first-order valence-electron chi connectivity index (χ1n) is 16.3. The fraction of sp³-hybridized carbons (Fsp3) is 0.629. The minimum Gasteiger partial charge on any atom is -0.491 e. The van der Waals surface area contributed by atoms with Gasteiger partial charge in [-0.15, -0.1) is 0 Å². The van der Waals surface area contributed by atoms with Crippen LogP contribution in [0.1, 0.15) is 82.9 Å². The Balaban J connectivity index is 1.80. The van der Waals surface area contributed by atoms with Gasteiger partial charge in [0, 0.05) is 30.4 Å². The Morgan fingerprint density at radius 2 is 1.60 bits per heavy atom. The van der Waals surface area contributed by atoms with Crippen LogP contribution in [0.5, 0.6) is 5.75 Å². The van der Waals surface area contributed by atoms with E-state index in [-0.39, 0.29) is 12.4 Å². The van der Waals surface area contributed by atoms with Crippen LogP contribution in [-0.4, -0.2) is 70.0 Å². The van der Waals surface area contributed by atoms with Gasteiger partial charge in [0.25, 0.3) is 0 Å². The molecule has 10 heteroatoms. The van der Waals surface area contributed by atoms with Gasteiger partial charge < -0.3 is 33.2 Å². The van der Waals surface area contributed by atoms with E-state index in [0.29, 0.717) is 49.0 Å². The van der Waals surface area contributed by atoms with Crippen LogP contribution in [0.25, 0.3) is 0 Å². The van der Waals surface area contributed by atoms with Crippen LogP contribution < -0.4 is 4.74 Å². The summed E-state index contributed by atoms with van der Waals surface area (Å²) in [6.45, 7) is 9.62. The van der Waals surface area contributed by atoms with Crippen molar-refractivity contribution < 1.29 is 42.3 Å². The fourth-order valence-electron chi connectivity index (χ4n) is 5.92. The third kappa shape index (κ3) is 7.66. The summed E-state index contributed by atoms with van der Waals surface area (Å²) in [7, 11) is 1.33. The number of hydrogen-bond acceptors (Lipinski definition) is 8. The number of carbonyl (C=O) groups excluding carboxylic acids is 1. The summed E-state index contributed by atoms with van der Waals surface area (Å²) in [6.07, 6.45) is 3.26. The molecule has 2 aliphatic rings. The number of esters is 1. The van der Waals surface area contributed by atoms with Crippen molar-refractivity contribution in [2.24, 2.45) is 0 Å². The van der Waals surface area contributed by atoms with Gasteiger partial charge >= 0.3 is 5.97 Å². The molecule has 0 aromatic heterocycles. The molecule has 2 bridgehead atoms. The van der Waals surface area contributed by atoms with Crippen molar-refractivity contribution in [1.29, 1.82) is 0 Å². The lowest BCUT2D eigenvalue weighted by Crippen LogP contribution is -2.69. The largest absolute Gasteiger partial charge is 0.491 e. The summed E-state index contributed by atoms with van der Waals surface area (Å²) in [5, 5.41) is 0.498. The lowest BCUT2D eigenvalue weighted by atomic mass is 9.82. The molecule has 0 unspecified atom stereocenters. The van der Waals surface area contributed by atoms with Gasteiger partial charge in [0.2, 0.25) is 11.4 Å². The Kier molecular flexibility index (Phi) is 13.1. The maximum absolute atomic E-state index is 14.7. The highest BCUT2D eigenvalue weighted by molar-refractivity contribution is 6.31.